The molecule has 0 atom stereocenters. The molecular weight excluding hydrogens is 230 g/mol. The third kappa shape index (κ3) is 5.26. The van der Waals surface area contributed by atoms with Crippen LogP contribution in [0.15, 0.2) is 30.3 Å². The van der Waals surface area contributed by atoms with Crippen molar-refractivity contribution in [3.63, 3.8) is 0 Å². The third-order valence-electron chi connectivity index (χ3n) is 1.68. The number of hydrogen-bond acceptors (Lipinski definition) is 6. The van der Waals surface area contributed by atoms with Crippen molar-refractivity contribution in [1.29, 1.82) is 0 Å². The highest BCUT2D eigenvalue weighted by Crippen LogP contribution is 2.09. The molecule has 0 aromatic heterocycles. The molecule has 0 N–H and O–H groups in total. The van der Waals surface area contributed by atoms with Crippen LogP contribution in [-0.2, 0) is 14.4 Å². The Bertz CT molecular complexity index is 416. The number of carbonyl (C=O) groups is 2. The number of rotatable bonds is 5. The highest BCUT2D eigenvalue weighted by atomic mass is 17.0. The van der Waals surface area contributed by atoms with E-state index in [0.29, 0.717) is 5.75 Å². The summed E-state index contributed by atoms with van der Waals surface area (Å²) in [5, 5.41) is 8.57. The first-order chi connectivity index (χ1) is 8.08. The summed E-state index contributed by atoms with van der Waals surface area (Å²) in [5.41, 5.74) is 0. The molecule has 0 heterocycles. The molecule has 1 aromatic carbocycles. The number of nitrogens with zero attached hydrogens (tertiary/aromatic N) is 1. The van der Waals surface area contributed by atoms with Gasteiger partial charge in [-0.3, -0.25) is 9.59 Å². The molecule has 1 aromatic rings. The van der Waals surface area contributed by atoms with E-state index < -0.39 is 23.4 Å². The van der Waals surface area contributed by atoms with Crippen molar-refractivity contribution in [2.75, 3.05) is 0 Å². The Labute approximate surface area is 96.0 Å². The lowest BCUT2D eigenvalue weighted by molar-refractivity contribution is -0.729. The highest BCUT2D eigenvalue weighted by Gasteiger charge is 2.12. The fourth-order valence-electron chi connectivity index (χ4n) is 1.00. The molecule has 0 spiro atoms. The Morgan fingerprint density at radius 2 is 1.71 bits per heavy atom. The Kier molecular flexibility index (Phi) is 4.61. The summed E-state index contributed by atoms with van der Waals surface area (Å²) in [7, 11) is 0. The fourth-order valence-corrected chi connectivity index (χ4v) is 1.00. The van der Waals surface area contributed by atoms with Crippen LogP contribution in [0.25, 0.3) is 0 Å². The lowest BCUT2D eigenvalue weighted by atomic mass is 10.3. The molecule has 0 radical (unpaired) electrons. The van der Waals surface area contributed by atoms with Crippen molar-refractivity contribution < 1.29 is 24.3 Å². The summed E-state index contributed by atoms with van der Waals surface area (Å²) in [5.74, 6) is -1.39. The van der Waals surface area contributed by atoms with Gasteiger partial charge in [0.05, 0.1) is 6.42 Å². The molecule has 17 heavy (non-hydrogen) atoms. The standard InChI is InChI=1S/C10H9NO6/c12-9(6-7-10(13)17-11(14)15)16-8-4-2-1-3-5-8/h1-5H,6-7H2. The first-order valence-electron chi connectivity index (χ1n) is 4.69. The molecule has 0 aliphatic carbocycles. The molecule has 0 bridgehead atoms. The van der Waals surface area contributed by atoms with Crippen LogP contribution in [0.2, 0.25) is 0 Å². The largest absolute Gasteiger partial charge is 0.427 e. The van der Waals surface area contributed by atoms with Crippen molar-refractivity contribution in [3.05, 3.63) is 40.4 Å². The van der Waals surface area contributed by atoms with Gasteiger partial charge >= 0.3 is 17.0 Å². The van der Waals surface area contributed by atoms with Gasteiger partial charge in [0, 0.05) is 6.42 Å². The smallest absolute Gasteiger partial charge is 0.311 e. The average Bonchev–Trinajstić information content (AvgIpc) is 2.27. The minimum atomic E-state index is -1.22. The van der Waals surface area contributed by atoms with Gasteiger partial charge in [-0.25, -0.2) is 4.84 Å². The van der Waals surface area contributed by atoms with E-state index in [1.807, 2.05) is 0 Å². The summed E-state index contributed by atoms with van der Waals surface area (Å²) in [6.45, 7) is 0. The summed E-state index contributed by atoms with van der Waals surface area (Å²) < 4.78 is 4.85. The maximum absolute atomic E-state index is 11.2. The SMILES string of the molecule is O=C(CCC(=O)O[N+](=O)[O-])Oc1ccccc1. The summed E-state index contributed by atoms with van der Waals surface area (Å²) >= 11 is 0. The second-order valence-corrected chi connectivity index (χ2v) is 2.97. The zero-order chi connectivity index (χ0) is 12.7. The van der Waals surface area contributed by atoms with Crippen molar-refractivity contribution in [1.82, 2.24) is 0 Å². The van der Waals surface area contributed by atoms with E-state index in [4.69, 9.17) is 4.74 Å². The van der Waals surface area contributed by atoms with Gasteiger partial charge in [-0.05, 0) is 12.1 Å². The van der Waals surface area contributed by atoms with E-state index in [0.717, 1.165) is 0 Å². The Hall–Kier alpha value is -2.44. The third-order valence-corrected chi connectivity index (χ3v) is 1.68. The summed E-state index contributed by atoms with van der Waals surface area (Å²) in [6.07, 6.45) is -0.672. The average molecular weight is 239 g/mol. The minimum absolute atomic E-state index is 0.276. The topological polar surface area (TPSA) is 95.7 Å². The minimum Gasteiger partial charge on any atom is -0.427 e. The molecule has 1 rings (SSSR count). The van der Waals surface area contributed by atoms with Crippen molar-refractivity contribution in [2.24, 2.45) is 0 Å². The van der Waals surface area contributed by atoms with Gasteiger partial charge in [-0.15, -0.1) is 10.1 Å². The van der Waals surface area contributed by atoms with Gasteiger partial charge in [0.1, 0.15) is 5.75 Å². The number of carbonyl (C=O) groups excluding carboxylic acids is 2. The van der Waals surface area contributed by atoms with E-state index in [1.165, 1.54) is 0 Å². The number of ether oxygens (including phenoxy) is 1. The zero-order valence-corrected chi connectivity index (χ0v) is 8.70. The van der Waals surface area contributed by atoms with E-state index in [9.17, 15) is 19.7 Å². The first-order valence-corrected chi connectivity index (χ1v) is 4.69. The van der Waals surface area contributed by atoms with Crippen molar-refractivity contribution in [2.45, 2.75) is 12.8 Å². The van der Waals surface area contributed by atoms with Crippen molar-refractivity contribution >= 4 is 11.9 Å². The van der Waals surface area contributed by atoms with Crippen LogP contribution in [0.1, 0.15) is 12.8 Å². The van der Waals surface area contributed by atoms with E-state index >= 15 is 0 Å². The van der Waals surface area contributed by atoms with Gasteiger partial charge in [0.25, 0.3) is 0 Å². The van der Waals surface area contributed by atoms with E-state index in [-0.39, 0.29) is 6.42 Å². The lowest BCUT2D eigenvalue weighted by Gasteiger charge is -2.02. The van der Waals surface area contributed by atoms with Gasteiger partial charge < -0.3 is 4.74 Å². The number of para-hydroxylation sites is 1. The van der Waals surface area contributed by atoms with Crippen LogP contribution in [-0.4, -0.2) is 17.0 Å². The molecule has 0 aliphatic heterocycles. The predicted molar refractivity (Wildman–Crippen MR) is 54.4 cm³/mol. The molecular formula is C10H9NO6. The van der Waals surface area contributed by atoms with Crippen LogP contribution < -0.4 is 4.74 Å². The van der Waals surface area contributed by atoms with Gasteiger partial charge in [-0.2, -0.15) is 0 Å². The second-order valence-electron chi connectivity index (χ2n) is 2.97. The molecule has 90 valence electrons. The molecule has 7 nitrogen and oxygen atoms in total. The van der Waals surface area contributed by atoms with Crippen LogP contribution >= 0.6 is 0 Å². The maximum atomic E-state index is 11.2. The van der Waals surface area contributed by atoms with E-state index in [1.54, 1.807) is 30.3 Å². The highest BCUT2D eigenvalue weighted by molar-refractivity contribution is 5.78. The molecule has 0 aliphatic rings. The van der Waals surface area contributed by atoms with Crippen LogP contribution in [0.3, 0.4) is 0 Å². The first kappa shape index (κ1) is 12.6. The van der Waals surface area contributed by atoms with Gasteiger partial charge in [0.15, 0.2) is 0 Å². The normalized spacial score (nSPS) is 9.41. The van der Waals surface area contributed by atoms with E-state index in [2.05, 4.69) is 4.84 Å². The fraction of sp³-hybridized carbons (Fsp3) is 0.200. The van der Waals surface area contributed by atoms with Gasteiger partial charge in [-0.1, -0.05) is 18.2 Å². The summed E-state index contributed by atoms with van der Waals surface area (Å²) in [6, 6.07) is 8.28. The second kappa shape index (κ2) is 6.21. The molecule has 0 fully saturated rings. The predicted octanol–water partition coefficient (Wildman–Crippen LogP) is 1.11. The maximum Gasteiger partial charge on any atom is 0.311 e. The Morgan fingerprint density at radius 1 is 1.12 bits per heavy atom. The van der Waals surface area contributed by atoms with Gasteiger partial charge in [0.2, 0.25) is 0 Å². The number of benzene rings is 1. The molecule has 0 saturated heterocycles. The molecule has 7 heteroatoms. The van der Waals surface area contributed by atoms with Crippen LogP contribution in [0.5, 0.6) is 5.75 Å². The van der Waals surface area contributed by atoms with Crippen LogP contribution in [0, 0.1) is 10.1 Å². The van der Waals surface area contributed by atoms with Crippen LogP contribution in [0.4, 0.5) is 0 Å². The Morgan fingerprint density at radius 3 is 2.29 bits per heavy atom. The number of hydrogen-bond donors (Lipinski definition) is 0. The molecule has 0 unspecified atom stereocenters. The summed E-state index contributed by atoms with van der Waals surface area (Å²) in [4.78, 5) is 35.4. The lowest BCUT2D eigenvalue weighted by Crippen LogP contribution is -2.14. The quantitative estimate of drug-likeness (QED) is 0.330. The number of esters is 1. The molecule has 0 amide bonds. The molecule has 0 saturated carbocycles. The Balaban J connectivity index is 2.31. The zero-order valence-electron chi connectivity index (χ0n) is 8.70. The van der Waals surface area contributed by atoms with Crippen molar-refractivity contribution in [3.8, 4) is 5.75 Å². The monoisotopic (exact) mass is 239 g/mol.